The van der Waals surface area contributed by atoms with Crippen LogP contribution in [-0.2, 0) is 32.6 Å². The molecule has 1 aliphatic rings. The van der Waals surface area contributed by atoms with Crippen LogP contribution in [0.4, 0.5) is 0 Å². The Morgan fingerprint density at radius 2 is 1.58 bits per heavy atom. The van der Waals surface area contributed by atoms with Crippen LogP contribution in [0.2, 0.25) is 5.02 Å². The maximum Gasteiger partial charge on any atom is 0.269 e. The molecular formula is C28H28ClN3O5S. The van der Waals surface area contributed by atoms with Crippen molar-refractivity contribution in [1.82, 2.24) is 14.5 Å². The first-order valence-corrected chi connectivity index (χ1v) is 13.9. The highest BCUT2D eigenvalue weighted by Crippen LogP contribution is 2.30. The number of nitrogens with zero attached hydrogens (tertiary/aromatic N) is 2. The van der Waals surface area contributed by atoms with Crippen LogP contribution in [0.3, 0.4) is 0 Å². The lowest BCUT2D eigenvalue weighted by molar-refractivity contribution is -0.141. The van der Waals surface area contributed by atoms with Gasteiger partial charge >= 0.3 is 0 Å². The zero-order chi connectivity index (χ0) is 27.4. The summed E-state index contributed by atoms with van der Waals surface area (Å²) < 4.78 is 26.8. The number of carbonyl (C=O) groups excluding carboxylic acids is 3. The van der Waals surface area contributed by atoms with Gasteiger partial charge in [-0.3, -0.25) is 14.4 Å². The van der Waals surface area contributed by atoms with Crippen molar-refractivity contribution in [3.05, 3.63) is 101 Å². The lowest BCUT2D eigenvalue weighted by Gasteiger charge is -2.33. The van der Waals surface area contributed by atoms with E-state index in [1.807, 2.05) is 44.2 Å². The number of nitrogens with one attached hydrogen (secondary N) is 1. The fourth-order valence-electron chi connectivity index (χ4n) is 4.35. The van der Waals surface area contributed by atoms with Crippen molar-refractivity contribution in [2.24, 2.45) is 0 Å². The molecular weight excluding hydrogens is 526 g/mol. The Labute approximate surface area is 227 Å². The van der Waals surface area contributed by atoms with Crippen LogP contribution < -0.4 is 5.32 Å². The van der Waals surface area contributed by atoms with E-state index in [1.54, 1.807) is 30.3 Å². The molecule has 0 fully saturated rings. The molecule has 1 aliphatic heterocycles. The molecule has 198 valence electrons. The molecule has 0 spiro atoms. The summed E-state index contributed by atoms with van der Waals surface area (Å²) in [6.45, 7) is 2.81. The summed E-state index contributed by atoms with van der Waals surface area (Å²) in [6.07, 6.45) is 0.177. The summed E-state index contributed by atoms with van der Waals surface area (Å²) >= 11 is 6.40. The fourth-order valence-corrected chi connectivity index (χ4v) is 6.06. The summed E-state index contributed by atoms with van der Waals surface area (Å²) in [5, 5.41) is 3.26. The van der Waals surface area contributed by atoms with Gasteiger partial charge in [0.1, 0.15) is 17.5 Å². The summed E-state index contributed by atoms with van der Waals surface area (Å²) in [5.41, 5.74) is 1.40. The quantitative estimate of drug-likeness (QED) is 0.435. The Morgan fingerprint density at radius 1 is 0.947 bits per heavy atom. The van der Waals surface area contributed by atoms with E-state index < -0.39 is 40.3 Å². The van der Waals surface area contributed by atoms with Gasteiger partial charge in [0.25, 0.3) is 15.9 Å². The van der Waals surface area contributed by atoms with Gasteiger partial charge in [0.2, 0.25) is 11.8 Å². The molecule has 1 atom stereocenters. The average molecular weight is 554 g/mol. The van der Waals surface area contributed by atoms with Crippen LogP contribution in [0.1, 0.15) is 35.3 Å². The summed E-state index contributed by atoms with van der Waals surface area (Å²) in [4.78, 5) is 41.5. The number of hydrogen-bond donors (Lipinski definition) is 1. The third-order valence-corrected chi connectivity index (χ3v) is 8.35. The molecule has 3 aromatic rings. The van der Waals surface area contributed by atoms with Gasteiger partial charge in [0, 0.05) is 24.0 Å². The summed E-state index contributed by atoms with van der Waals surface area (Å²) in [6, 6.07) is 20.8. The molecule has 1 unspecified atom stereocenters. The van der Waals surface area contributed by atoms with E-state index in [9.17, 15) is 22.8 Å². The van der Waals surface area contributed by atoms with E-state index >= 15 is 0 Å². The molecule has 0 saturated heterocycles. The Balaban J connectivity index is 1.73. The van der Waals surface area contributed by atoms with Gasteiger partial charge in [-0.1, -0.05) is 72.3 Å². The molecule has 1 heterocycles. The lowest BCUT2D eigenvalue weighted by Crippen LogP contribution is -2.54. The van der Waals surface area contributed by atoms with Gasteiger partial charge < -0.3 is 10.2 Å². The Kier molecular flexibility index (Phi) is 8.18. The Morgan fingerprint density at radius 3 is 2.24 bits per heavy atom. The molecule has 10 heteroatoms. The predicted octanol–water partition coefficient (Wildman–Crippen LogP) is 3.65. The first-order chi connectivity index (χ1) is 18.1. The SMILES string of the molecule is CC(C)NC(=O)C(Cc1ccccc1)N(Cc1ccccc1Cl)C(=O)CN1C(=O)c2ccccc2S1(=O)=O. The predicted molar refractivity (Wildman–Crippen MR) is 144 cm³/mol. The molecule has 1 N–H and O–H groups in total. The number of halogens is 1. The first-order valence-electron chi connectivity index (χ1n) is 12.1. The van der Waals surface area contributed by atoms with Crippen LogP contribution in [0.25, 0.3) is 0 Å². The van der Waals surface area contributed by atoms with Crippen molar-refractivity contribution in [1.29, 1.82) is 0 Å². The largest absolute Gasteiger partial charge is 0.352 e. The van der Waals surface area contributed by atoms with Crippen LogP contribution >= 0.6 is 11.6 Å². The average Bonchev–Trinajstić information content (AvgIpc) is 3.08. The molecule has 3 amide bonds. The minimum Gasteiger partial charge on any atom is -0.352 e. The van der Waals surface area contributed by atoms with Gasteiger partial charge in [0.15, 0.2) is 0 Å². The van der Waals surface area contributed by atoms with Crippen molar-refractivity contribution in [3.63, 3.8) is 0 Å². The van der Waals surface area contributed by atoms with Crippen LogP contribution in [-0.4, -0.2) is 54.0 Å². The summed E-state index contributed by atoms with van der Waals surface area (Å²) in [7, 11) is -4.22. The van der Waals surface area contributed by atoms with E-state index in [0.717, 1.165) is 5.56 Å². The zero-order valence-electron chi connectivity index (χ0n) is 21.0. The molecule has 0 aliphatic carbocycles. The number of carbonyl (C=O) groups is 3. The molecule has 0 saturated carbocycles. The second-order valence-corrected chi connectivity index (χ2v) is 11.5. The fraction of sp³-hybridized carbons (Fsp3) is 0.250. The standard InChI is InChI=1S/C28H28ClN3O5S/c1-19(2)30-27(34)24(16-20-10-4-3-5-11-20)31(17-21-12-6-8-14-23(21)29)26(33)18-32-28(35)22-13-7-9-15-25(22)38(32,36)37/h3-15,19,24H,16-18H2,1-2H3,(H,30,34). The number of rotatable bonds is 9. The number of fused-ring (bicyclic) bond motifs is 1. The highest BCUT2D eigenvalue weighted by Gasteiger charge is 2.43. The van der Waals surface area contributed by atoms with Gasteiger partial charge in [-0.05, 0) is 43.2 Å². The molecule has 0 bridgehead atoms. The highest BCUT2D eigenvalue weighted by atomic mass is 35.5. The Hall–Kier alpha value is -3.69. The van der Waals surface area contributed by atoms with E-state index in [-0.39, 0.29) is 29.5 Å². The molecule has 3 aromatic carbocycles. The summed E-state index contributed by atoms with van der Waals surface area (Å²) in [5.74, 6) is -1.88. The third kappa shape index (κ3) is 5.74. The zero-order valence-corrected chi connectivity index (χ0v) is 22.6. The van der Waals surface area contributed by atoms with E-state index in [1.165, 1.54) is 23.1 Å². The van der Waals surface area contributed by atoms with Gasteiger partial charge in [-0.25, -0.2) is 12.7 Å². The maximum atomic E-state index is 13.9. The monoisotopic (exact) mass is 553 g/mol. The second-order valence-electron chi connectivity index (χ2n) is 9.29. The molecule has 4 rings (SSSR count). The molecule has 0 radical (unpaired) electrons. The minimum absolute atomic E-state index is 0.0105. The van der Waals surface area contributed by atoms with Crippen molar-refractivity contribution in [3.8, 4) is 0 Å². The minimum atomic E-state index is -4.22. The van der Waals surface area contributed by atoms with Crippen molar-refractivity contribution in [2.75, 3.05) is 6.54 Å². The van der Waals surface area contributed by atoms with Crippen LogP contribution in [0.15, 0.2) is 83.8 Å². The normalized spacial score (nSPS) is 14.7. The maximum absolute atomic E-state index is 13.9. The molecule has 0 aromatic heterocycles. The van der Waals surface area contributed by atoms with E-state index in [0.29, 0.717) is 14.9 Å². The van der Waals surface area contributed by atoms with E-state index in [2.05, 4.69) is 5.32 Å². The Bertz CT molecular complexity index is 1460. The number of amides is 3. The number of sulfonamides is 1. The van der Waals surface area contributed by atoms with Crippen molar-refractivity contribution >= 4 is 39.3 Å². The van der Waals surface area contributed by atoms with Crippen LogP contribution in [0, 0.1) is 0 Å². The van der Waals surface area contributed by atoms with Crippen molar-refractivity contribution in [2.45, 2.75) is 43.8 Å². The lowest BCUT2D eigenvalue weighted by atomic mass is 10.0. The van der Waals surface area contributed by atoms with E-state index in [4.69, 9.17) is 11.6 Å². The topological polar surface area (TPSA) is 104 Å². The number of hydrogen-bond acceptors (Lipinski definition) is 5. The molecule has 38 heavy (non-hydrogen) atoms. The van der Waals surface area contributed by atoms with Crippen LogP contribution in [0.5, 0.6) is 0 Å². The van der Waals surface area contributed by atoms with Gasteiger partial charge in [-0.15, -0.1) is 0 Å². The van der Waals surface area contributed by atoms with Crippen molar-refractivity contribution < 1.29 is 22.8 Å². The molecule has 8 nitrogen and oxygen atoms in total. The smallest absolute Gasteiger partial charge is 0.269 e. The second kappa shape index (κ2) is 11.4. The number of benzene rings is 3. The third-order valence-electron chi connectivity index (χ3n) is 6.19. The van der Waals surface area contributed by atoms with Gasteiger partial charge in [0.05, 0.1) is 5.56 Å². The van der Waals surface area contributed by atoms with Gasteiger partial charge in [-0.2, -0.15) is 0 Å². The first kappa shape index (κ1) is 27.3. The highest BCUT2D eigenvalue weighted by molar-refractivity contribution is 7.90.